The van der Waals surface area contributed by atoms with Gasteiger partial charge in [0.15, 0.2) is 11.6 Å². The summed E-state index contributed by atoms with van der Waals surface area (Å²) in [5.41, 5.74) is 9.03. The second kappa shape index (κ2) is 11.4. The van der Waals surface area contributed by atoms with Gasteiger partial charge in [0.05, 0.1) is 35.9 Å². The quantitative estimate of drug-likeness (QED) is 0.305. The Hall–Kier alpha value is -4.78. The van der Waals surface area contributed by atoms with Gasteiger partial charge in [-0.15, -0.1) is 0 Å². The molecule has 0 saturated carbocycles. The van der Waals surface area contributed by atoms with Crippen molar-refractivity contribution < 1.29 is 23.1 Å². The van der Waals surface area contributed by atoms with Gasteiger partial charge in [-0.25, -0.2) is 18.6 Å². The van der Waals surface area contributed by atoms with Crippen LogP contribution in [-0.4, -0.2) is 52.3 Å². The Morgan fingerprint density at radius 2 is 1.82 bits per heavy atom. The van der Waals surface area contributed by atoms with E-state index in [2.05, 4.69) is 9.97 Å². The number of nitrogens with zero attached hydrogens (tertiary/aromatic N) is 5. The Balaban J connectivity index is 1.63. The van der Waals surface area contributed by atoms with Crippen LogP contribution in [0.4, 0.5) is 36.5 Å². The van der Waals surface area contributed by atoms with E-state index < -0.39 is 17.7 Å². The first kappa shape index (κ1) is 29.3. The number of carbonyl (C=O) groups excluding carboxylic acids is 2. The SMILES string of the molecule is CC(C)OC(=O)N1CCN(C(=O)CCCCN)c2cc3c(cc21)-c1cn(C)c(=O)c2[nH]cc(c12)CN3c1ncc(F)cc1F. The van der Waals surface area contributed by atoms with Crippen LogP contribution < -0.4 is 26.0 Å². The summed E-state index contributed by atoms with van der Waals surface area (Å²) in [6.45, 7) is 4.47. The van der Waals surface area contributed by atoms with Gasteiger partial charge in [0, 0.05) is 61.5 Å². The van der Waals surface area contributed by atoms with Crippen LogP contribution in [0.2, 0.25) is 0 Å². The number of fused-ring (bicyclic) bond motifs is 3. The lowest BCUT2D eigenvalue weighted by atomic mass is 9.98. The normalized spacial score (nSPS) is 14.1. The third-order valence-corrected chi connectivity index (χ3v) is 7.97. The summed E-state index contributed by atoms with van der Waals surface area (Å²) in [6.07, 6.45) is 4.93. The zero-order valence-electron chi connectivity index (χ0n) is 24.7. The topological polar surface area (TPSA) is 130 Å². The van der Waals surface area contributed by atoms with Crippen LogP contribution in [0.3, 0.4) is 0 Å². The standard InChI is InChI=1S/C31H33F2N7O4/c1-17(2)44-31(43)39-9-8-38(26(41)6-4-5-7-34)25-12-23-20(11-24(25)39)21-16-37(3)30(42)28-27(21)18(13-35-28)15-40(23)29-22(33)10-19(32)14-36-29/h10-14,16-17,35H,4-9,15,34H2,1-3H3. The third-order valence-electron chi connectivity index (χ3n) is 7.97. The van der Waals surface area contributed by atoms with Gasteiger partial charge < -0.3 is 29.8 Å². The maximum Gasteiger partial charge on any atom is 0.414 e. The summed E-state index contributed by atoms with van der Waals surface area (Å²) in [4.78, 5) is 51.8. The van der Waals surface area contributed by atoms with E-state index in [-0.39, 0.29) is 49.4 Å². The molecule has 11 nitrogen and oxygen atoms in total. The number of hydrogen-bond donors (Lipinski definition) is 2. The summed E-state index contributed by atoms with van der Waals surface area (Å²) in [6, 6.07) is 4.26. The number of aromatic amines is 1. The van der Waals surface area contributed by atoms with Gasteiger partial charge in [0.25, 0.3) is 5.56 Å². The number of H-pyrrole nitrogens is 1. The highest BCUT2D eigenvalue weighted by atomic mass is 19.1. The monoisotopic (exact) mass is 605 g/mol. The molecular weight excluding hydrogens is 572 g/mol. The molecule has 6 rings (SSSR count). The van der Waals surface area contributed by atoms with E-state index in [0.717, 1.165) is 12.3 Å². The molecule has 3 N–H and O–H groups in total. The Morgan fingerprint density at radius 1 is 1.07 bits per heavy atom. The van der Waals surface area contributed by atoms with Crippen LogP contribution in [-0.2, 0) is 23.1 Å². The molecule has 0 bridgehead atoms. The molecule has 3 aromatic heterocycles. The third kappa shape index (κ3) is 4.96. The zero-order valence-corrected chi connectivity index (χ0v) is 24.7. The highest BCUT2D eigenvalue weighted by Gasteiger charge is 2.35. The number of aryl methyl sites for hydroxylation is 1. The van der Waals surface area contributed by atoms with Crippen molar-refractivity contribution in [3.8, 4) is 11.1 Å². The van der Waals surface area contributed by atoms with Crippen molar-refractivity contribution in [3.63, 3.8) is 0 Å². The molecule has 13 heteroatoms. The van der Waals surface area contributed by atoms with Crippen molar-refractivity contribution in [1.82, 2.24) is 14.5 Å². The fourth-order valence-electron chi connectivity index (χ4n) is 5.96. The molecule has 0 spiro atoms. The molecule has 2 aliphatic rings. The predicted molar refractivity (Wildman–Crippen MR) is 163 cm³/mol. The summed E-state index contributed by atoms with van der Waals surface area (Å²) in [7, 11) is 1.63. The average molecular weight is 606 g/mol. The Kier molecular flexibility index (Phi) is 7.58. The average Bonchev–Trinajstić information content (AvgIpc) is 3.35. The first-order chi connectivity index (χ1) is 21.1. The van der Waals surface area contributed by atoms with Gasteiger partial charge in [-0.2, -0.15) is 0 Å². The van der Waals surface area contributed by atoms with Gasteiger partial charge in [-0.05, 0) is 50.9 Å². The fourth-order valence-corrected chi connectivity index (χ4v) is 5.96. The van der Waals surface area contributed by atoms with Crippen molar-refractivity contribution >= 4 is 45.8 Å². The number of anilines is 4. The second-order valence-corrected chi connectivity index (χ2v) is 11.3. The molecule has 0 unspecified atom stereocenters. The molecule has 0 saturated heterocycles. The van der Waals surface area contributed by atoms with Crippen LogP contribution in [0.5, 0.6) is 0 Å². The van der Waals surface area contributed by atoms with Crippen molar-refractivity contribution in [1.29, 1.82) is 0 Å². The second-order valence-electron chi connectivity index (χ2n) is 11.3. The molecule has 2 aliphatic heterocycles. The van der Waals surface area contributed by atoms with E-state index >= 15 is 4.39 Å². The van der Waals surface area contributed by atoms with Gasteiger partial charge in [0.2, 0.25) is 5.91 Å². The number of benzene rings is 1. The first-order valence-electron chi connectivity index (χ1n) is 14.5. The van der Waals surface area contributed by atoms with Crippen molar-refractivity contribution in [2.75, 3.05) is 34.3 Å². The summed E-state index contributed by atoms with van der Waals surface area (Å²) >= 11 is 0. The minimum Gasteiger partial charge on any atom is -0.446 e. The summed E-state index contributed by atoms with van der Waals surface area (Å²) in [5.74, 6) is -1.97. The molecule has 230 valence electrons. The number of carbonyl (C=O) groups is 2. The van der Waals surface area contributed by atoms with Crippen molar-refractivity contribution in [2.24, 2.45) is 12.8 Å². The number of ether oxygens (including phenoxy) is 1. The number of nitrogens with one attached hydrogen (secondary N) is 1. The highest BCUT2D eigenvalue weighted by Crippen LogP contribution is 2.49. The predicted octanol–water partition coefficient (Wildman–Crippen LogP) is 4.69. The molecule has 0 aliphatic carbocycles. The first-order valence-corrected chi connectivity index (χ1v) is 14.5. The van der Waals surface area contributed by atoms with Crippen molar-refractivity contribution in [2.45, 2.75) is 45.8 Å². The minimum absolute atomic E-state index is 0.0884. The van der Waals surface area contributed by atoms with E-state index in [4.69, 9.17) is 10.5 Å². The lowest BCUT2D eigenvalue weighted by Crippen LogP contribution is -2.47. The van der Waals surface area contributed by atoms with Crippen molar-refractivity contribution in [3.05, 3.63) is 64.3 Å². The van der Waals surface area contributed by atoms with Gasteiger partial charge >= 0.3 is 6.09 Å². The maximum absolute atomic E-state index is 15.4. The zero-order chi connectivity index (χ0) is 31.3. The van der Waals surface area contributed by atoms with E-state index in [1.807, 2.05) is 0 Å². The van der Waals surface area contributed by atoms with Crippen LogP contribution in [0.1, 0.15) is 38.7 Å². The Labute approximate surface area is 251 Å². The molecule has 0 radical (unpaired) electrons. The minimum atomic E-state index is -0.877. The molecule has 44 heavy (non-hydrogen) atoms. The fraction of sp³-hybridized carbons (Fsp3) is 0.355. The largest absolute Gasteiger partial charge is 0.446 e. The molecule has 1 aromatic carbocycles. The number of rotatable bonds is 6. The van der Waals surface area contributed by atoms with E-state index in [0.29, 0.717) is 64.0 Å². The number of pyridine rings is 2. The summed E-state index contributed by atoms with van der Waals surface area (Å²) < 4.78 is 36.4. The highest BCUT2D eigenvalue weighted by molar-refractivity contribution is 6.09. The number of unbranched alkanes of at least 4 members (excludes halogenated alkanes) is 1. The van der Waals surface area contributed by atoms with Gasteiger partial charge in [-0.3, -0.25) is 14.5 Å². The van der Waals surface area contributed by atoms with E-state index in [9.17, 15) is 18.8 Å². The van der Waals surface area contributed by atoms with Gasteiger partial charge in [0.1, 0.15) is 11.3 Å². The number of aromatic nitrogens is 3. The number of nitrogens with two attached hydrogens (primary N) is 1. The Morgan fingerprint density at radius 3 is 2.55 bits per heavy atom. The molecule has 2 amide bonds. The summed E-state index contributed by atoms with van der Waals surface area (Å²) in [5, 5.41) is 0.640. The van der Waals surface area contributed by atoms with Crippen LogP contribution in [0, 0.1) is 11.6 Å². The lowest BCUT2D eigenvalue weighted by Gasteiger charge is -2.38. The molecule has 5 heterocycles. The molecule has 4 aromatic rings. The smallest absolute Gasteiger partial charge is 0.414 e. The molecule has 0 atom stereocenters. The van der Waals surface area contributed by atoms with E-state index in [1.165, 1.54) is 9.47 Å². The van der Waals surface area contributed by atoms with Crippen LogP contribution >= 0.6 is 0 Å². The number of halogens is 2. The molecular formula is C31H33F2N7O4. The maximum atomic E-state index is 15.4. The number of amides is 2. The van der Waals surface area contributed by atoms with Crippen LogP contribution in [0.25, 0.3) is 22.0 Å². The Bertz CT molecular complexity index is 1850. The van der Waals surface area contributed by atoms with Crippen LogP contribution in [0.15, 0.2) is 41.6 Å². The van der Waals surface area contributed by atoms with Gasteiger partial charge in [-0.1, -0.05) is 0 Å². The number of hydrogen-bond acceptors (Lipinski definition) is 7. The lowest BCUT2D eigenvalue weighted by molar-refractivity contribution is -0.118. The van der Waals surface area contributed by atoms with E-state index in [1.54, 1.807) is 55.2 Å². The molecule has 0 fully saturated rings.